The third kappa shape index (κ3) is 45.5. The van der Waals surface area contributed by atoms with Crippen LogP contribution in [-0.2, 0) is 28.6 Å². The Morgan fingerprint density at radius 2 is 0.569 bits per heavy atom. The third-order valence-electron chi connectivity index (χ3n) is 11.8. The molecule has 6 nitrogen and oxygen atoms in total. The number of unbranched alkanes of at least 4 members (excludes halogenated alkanes) is 34. The summed E-state index contributed by atoms with van der Waals surface area (Å²) in [6, 6.07) is 0. The average molecular weight is 821 g/mol. The highest BCUT2D eigenvalue weighted by Gasteiger charge is 2.19. The van der Waals surface area contributed by atoms with Gasteiger partial charge in [0.25, 0.3) is 0 Å². The van der Waals surface area contributed by atoms with Gasteiger partial charge in [0.2, 0.25) is 0 Å². The number of ether oxygens (including phenoxy) is 3. The molecule has 1 atom stereocenters. The van der Waals surface area contributed by atoms with E-state index in [-0.39, 0.29) is 31.1 Å². The molecule has 6 heteroatoms. The van der Waals surface area contributed by atoms with Gasteiger partial charge in [0.1, 0.15) is 13.2 Å². The molecular weight excluding hydrogens is 721 g/mol. The fraction of sp³-hybridized carbons (Fsp3) is 0.942. The molecule has 0 spiro atoms. The van der Waals surface area contributed by atoms with Crippen LogP contribution in [0.4, 0.5) is 0 Å². The van der Waals surface area contributed by atoms with Gasteiger partial charge in [0.05, 0.1) is 0 Å². The summed E-state index contributed by atoms with van der Waals surface area (Å²) in [7, 11) is 0. The minimum atomic E-state index is -0.760. The highest BCUT2D eigenvalue weighted by molar-refractivity contribution is 5.71. The summed E-state index contributed by atoms with van der Waals surface area (Å²) in [5, 5.41) is 0. The molecule has 0 rings (SSSR count). The van der Waals surface area contributed by atoms with Gasteiger partial charge in [0, 0.05) is 19.3 Å². The second kappa shape index (κ2) is 46.5. The number of hydrogen-bond donors (Lipinski definition) is 0. The Kier molecular flexibility index (Phi) is 45.2. The van der Waals surface area contributed by atoms with E-state index in [1.165, 1.54) is 186 Å². The monoisotopic (exact) mass is 821 g/mol. The quantitative estimate of drug-likeness (QED) is 0.0346. The Balaban J connectivity index is 4.29. The zero-order chi connectivity index (χ0) is 42.4. The predicted molar refractivity (Wildman–Crippen MR) is 247 cm³/mol. The summed E-state index contributed by atoms with van der Waals surface area (Å²) in [4.78, 5) is 37.9. The SMILES string of the molecule is CCCCCCCCCCCCCCCCCC(=O)O[C@@H](COC(=O)CCCCCCCCCCCC)COC(=O)CCCCCCCCCCCCCCC(C)C. The van der Waals surface area contributed by atoms with Gasteiger partial charge in [-0.2, -0.15) is 0 Å². The van der Waals surface area contributed by atoms with Crippen molar-refractivity contribution in [2.75, 3.05) is 13.2 Å². The summed E-state index contributed by atoms with van der Waals surface area (Å²) >= 11 is 0. The summed E-state index contributed by atoms with van der Waals surface area (Å²) in [5.41, 5.74) is 0. The normalized spacial score (nSPS) is 11.9. The van der Waals surface area contributed by atoms with Crippen molar-refractivity contribution in [3.05, 3.63) is 0 Å². The Morgan fingerprint density at radius 1 is 0.328 bits per heavy atom. The minimum absolute atomic E-state index is 0.0628. The Labute approximate surface area is 361 Å². The topological polar surface area (TPSA) is 78.9 Å². The summed E-state index contributed by atoms with van der Waals surface area (Å²) in [6.07, 6.45) is 48.0. The van der Waals surface area contributed by atoms with E-state index in [1.807, 2.05) is 0 Å². The lowest BCUT2D eigenvalue weighted by molar-refractivity contribution is -0.167. The lowest BCUT2D eigenvalue weighted by Crippen LogP contribution is -2.30. The molecule has 0 aromatic carbocycles. The minimum Gasteiger partial charge on any atom is -0.462 e. The van der Waals surface area contributed by atoms with Crippen molar-refractivity contribution >= 4 is 17.9 Å². The molecule has 0 bridgehead atoms. The van der Waals surface area contributed by atoms with Gasteiger partial charge in [0.15, 0.2) is 6.10 Å². The molecular formula is C52H100O6. The molecule has 0 aliphatic heterocycles. The zero-order valence-corrected chi connectivity index (χ0v) is 39.5. The van der Waals surface area contributed by atoms with Crippen LogP contribution in [0, 0.1) is 5.92 Å². The van der Waals surface area contributed by atoms with E-state index in [0.29, 0.717) is 19.3 Å². The molecule has 0 aliphatic carbocycles. The second-order valence-electron chi connectivity index (χ2n) is 18.3. The molecule has 0 saturated carbocycles. The van der Waals surface area contributed by atoms with Gasteiger partial charge >= 0.3 is 17.9 Å². The number of rotatable bonds is 47. The standard InChI is InChI=1S/C52H100O6/c1-5-7-9-11-13-15-17-18-19-20-25-29-33-37-41-45-52(55)58-49(46-56-50(53)43-39-35-31-27-16-14-12-10-8-6-2)47-57-51(54)44-40-36-32-28-24-22-21-23-26-30-34-38-42-48(3)4/h48-49H,5-47H2,1-4H3/t49-/m0/s1. The molecule has 0 aromatic heterocycles. The van der Waals surface area contributed by atoms with E-state index in [4.69, 9.17) is 14.2 Å². The molecule has 0 heterocycles. The van der Waals surface area contributed by atoms with Crippen molar-refractivity contribution < 1.29 is 28.6 Å². The van der Waals surface area contributed by atoms with E-state index >= 15 is 0 Å². The highest BCUT2D eigenvalue weighted by atomic mass is 16.6. The van der Waals surface area contributed by atoms with Gasteiger partial charge in [-0.05, 0) is 25.2 Å². The van der Waals surface area contributed by atoms with E-state index in [0.717, 1.165) is 63.7 Å². The summed E-state index contributed by atoms with van der Waals surface area (Å²) in [6.45, 7) is 9.02. The van der Waals surface area contributed by atoms with Crippen molar-refractivity contribution in [3.63, 3.8) is 0 Å². The zero-order valence-electron chi connectivity index (χ0n) is 39.5. The fourth-order valence-corrected chi connectivity index (χ4v) is 7.86. The summed E-state index contributed by atoms with van der Waals surface area (Å²) < 4.78 is 16.8. The first-order valence-electron chi connectivity index (χ1n) is 25.9. The van der Waals surface area contributed by atoms with E-state index in [2.05, 4.69) is 27.7 Å². The van der Waals surface area contributed by atoms with Crippen molar-refractivity contribution in [3.8, 4) is 0 Å². The first-order chi connectivity index (χ1) is 28.4. The fourth-order valence-electron chi connectivity index (χ4n) is 7.86. The van der Waals surface area contributed by atoms with E-state index < -0.39 is 6.10 Å². The van der Waals surface area contributed by atoms with Crippen LogP contribution in [0.5, 0.6) is 0 Å². The van der Waals surface area contributed by atoms with Gasteiger partial charge in [-0.15, -0.1) is 0 Å². The lowest BCUT2D eigenvalue weighted by atomic mass is 10.0. The smallest absolute Gasteiger partial charge is 0.306 e. The molecule has 0 unspecified atom stereocenters. The van der Waals surface area contributed by atoms with Crippen molar-refractivity contribution in [1.82, 2.24) is 0 Å². The maximum atomic E-state index is 12.8. The van der Waals surface area contributed by atoms with Crippen LogP contribution in [0.25, 0.3) is 0 Å². The second-order valence-corrected chi connectivity index (χ2v) is 18.3. The molecule has 58 heavy (non-hydrogen) atoms. The van der Waals surface area contributed by atoms with Gasteiger partial charge in [-0.1, -0.05) is 252 Å². The maximum Gasteiger partial charge on any atom is 0.306 e. The maximum absolute atomic E-state index is 12.8. The molecule has 0 N–H and O–H groups in total. The lowest BCUT2D eigenvalue weighted by Gasteiger charge is -2.18. The van der Waals surface area contributed by atoms with Crippen molar-refractivity contribution in [2.45, 2.75) is 297 Å². The molecule has 0 saturated heterocycles. The van der Waals surface area contributed by atoms with Crippen LogP contribution in [0.2, 0.25) is 0 Å². The van der Waals surface area contributed by atoms with Gasteiger partial charge in [-0.25, -0.2) is 0 Å². The average Bonchev–Trinajstić information content (AvgIpc) is 3.21. The summed E-state index contributed by atoms with van der Waals surface area (Å²) in [5.74, 6) is -0.0114. The molecule has 344 valence electrons. The highest BCUT2D eigenvalue weighted by Crippen LogP contribution is 2.17. The van der Waals surface area contributed by atoms with Crippen LogP contribution in [0.15, 0.2) is 0 Å². The molecule has 0 aliphatic rings. The Morgan fingerprint density at radius 3 is 0.845 bits per heavy atom. The molecule has 0 amide bonds. The molecule has 0 fully saturated rings. The van der Waals surface area contributed by atoms with Crippen LogP contribution < -0.4 is 0 Å². The van der Waals surface area contributed by atoms with Crippen molar-refractivity contribution in [2.24, 2.45) is 5.92 Å². The number of carbonyl (C=O) groups excluding carboxylic acids is 3. The first-order valence-corrected chi connectivity index (χ1v) is 25.9. The van der Waals surface area contributed by atoms with Gasteiger partial charge < -0.3 is 14.2 Å². The van der Waals surface area contributed by atoms with E-state index in [1.54, 1.807) is 0 Å². The predicted octanol–water partition coefficient (Wildman–Crippen LogP) is 16.7. The molecule has 0 aromatic rings. The van der Waals surface area contributed by atoms with Crippen LogP contribution >= 0.6 is 0 Å². The Bertz CT molecular complexity index is 872. The van der Waals surface area contributed by atoms with Crippen molar-refractivity contribution in [1.29, 1.82) is 0 Å². The molecule has 0 radical (unpaired) electrons. The number of carbonyl (C=O) groups is 3. The van der Waals surface area contributed by atoms with E-state index in [9.17, 15) is 14.4 Å². The van der Waals surface area contributed by atoms with Crippen LogP contribution in [-0.4, -0.2) is 37.2 Å². The number of esters is 3. The third-order valence-corrected chi connectivity index (χ3v) is 11.8. The van der Waals surface area contributed by atoms with Crippen LogP contribution in [0.1, 0.15) is 291 Å². The first kappa shape index (κ1) is 56.4. The largest absolute Gasteiger partial charge is 0.462 e. The number of hydrogen-bond acceptors (Lipinski definition) is 6. The Hall–Kier alpha value is -1.59. The van der Waals surface area contributed by atoms with Gasteiger partial charge in [-0.3, -0.25) is 14.4 Å². The van der Waals surface area contributed by atoms with Crippen LogP contribution in [0.3, 0.4) is 0 Å².